The number of unbranched alkanes of at least 4 members (excludes halogenated alkanes) is 3. The van der Waals surface area contributed by atoms with Crippen molar-refractivity contribution in [3.63, 3.8) is 0 Å². The Kier molecular flexibility index (Phi) is 7.18. The molecule has 2 aliphatic rings. The average molecular weight is 436 g/mol. The number of hydrogen-bond acceptors (Lipinski definition) is 1. The van der Waals surface area contributed by atoms with Crippen molar-refractivity contribution in [3.05, 3.63) is 113 Å². The Morgan fingerprint density at radius 2 is 1.79 bits per heavy atom. The van der Waals surface area contributed by atoms with Gasteiger partial charge in [0.05, 0.1) is 5.69 Å². The summed E-state index contributed by atoms with van der Waals surface area (Å²) in [6, 6.07) is 13.0. The number of nitrogens with zero attached hydrogens (tertiary/aromatic N) is 1. The molecule has 170 valence electrons. The maximum atomic E-state index is 4.56. The predicted octanol–water partition coefficient (Wildman–Crippen LogP) is 8.74. The highest BCUT2D eigenvalue weighted by Gasteiger charge is 2.25. The molecule has 2 aromatic rings. The summed E-state index contributed by atoms with van der Waals surface area (Å²) < 4.78 is 0. The number of rotatable bonds is 6. The van der Waals surface area contributed by atoms with Crippen LogP contribution in [0.5, 0.6) is 0 Å². The van der Waals surface area contributed by atoms with E-state index in [1.807, 2.05) is 0 Å². The Morgan fingerprint density at radius 1 is 1.00 bits per heavy atom. The van der Waals surface area contributed by atoms with Gasteiger partial charge in [-0.05, 0) is 78.1 Å². The highest BCUT2D eigenvalue weighted by molar-refractivity contribution is 5.91. The molecule has 0 spiro atoms. The normalized spacial score (nSPS) is 18.3. The Labute approximate surface area is 200 Å². The maximum Gasteiger partial charge on any atom is 0.0527 e. The largest absolute Gasteiger partial charge is 0.343 e. The van der Waals surface area contributed by atoms with Gasteiger partial charge in [-0.15, -0.1) is 0 Å². The van der Waals surface area contributed by atoms with Crippen molar-refractivity contribution in [1.82, 2.24) is 0 Å². The van der Waals surface area contributed by atoms with Gasteiger partial charge in [0.15, 0.2) is 0 Å². The zero-order valence-electron chi connectivity index (χ0n) is 20.6. The molecule has 1 heteroatoms. The first-order valence-electron chi connectivity index (χ1n) is 12.4. The Balaban J connectivity index is 1.77. The topological polar surface area (TPSA) is 3.24 Å². The second kappa shape index (κ2) is 10.3. The third kappa shape index (κ3) is 4.98. The first kappa shape index (κ1) is 23.1. The van der Waals surface area contributed by atoms with Crippen molar-refractivity contribution in [2.24, 2.45) is 0 Å². The van der Waals surface area contributed by atoms with Crippen LogP contribution in [0.25, 0.3) is 11.1 Å². The van der Waals surface area contributed by atoms with Gasteiger partial charge in [-0.1, -0.05) is 93.5 Å². The molecule has 2 aliphatic heterocycles. The molecular formula is C32H37N. The summed E-state index contributed by atoms with van der Waals surface area (Å²) in [7, 11) is 0. The lowest BCUT2D eigenvalue weighted by atomic mass is 9.84. The van der Waals surface area contributed by atoms with Gasteiger partial charge < -0.3 is 4.90 Å². The fourth-order valence-corrected chi connectivity index (χ4v) is 5.00. The SMILES string of the molecule is C=C1/C=C(c2ccccc2)\C=C/CN2C=C(CCCCCC)C(=C)c3cc(C)c(C)c(c32)C1. The first-order valence-corrected chi connectivity index (χ1v) is 12.4. The van der Waals surface area contributed by atoms with E-state index < -0.39 is 0 Å². The zero-order chi connectivity index (χ0) is 23.4. The molecule has 0 N–H and O–H groups in total. The third-order valence-corrected chi connectivity index (χ3v) is 7.03. The maximum absolute atomic E-state index is 4.56. The Morgan fingerprint density at radius 3 is 2.55 bits per heavy atom. The van der Waals surface area contributed by atoms with E-state index in [0.29, 0.717) is 0 Å². The van der Waals surface area contributed by atoms with Crippen molar-refractivity contribution in [1.29, 1.82) is 0 Å². The Hall–Kier alpha value is -3.06. The zero-order valence-corrected chi connectivity index (χ0v) is 20.6. The molecule has 0 radical (unpaired) electrons. The minimum Gasteiger partial charge on any atom is -0.343 e. The van der Waals surface area contributed by atoms with Crippen LogP contribution >= 0.6 is 0 Å². The summed E-state index contributed by atoms with van der Waals surface area (Å²) >= 11 is 0. The summed E-state index contributed by atoms with van der Waals surface area (Å²) in [5.74, 6) is 0. The van der Waals surface area contributed by atoms with Gasteiger partial charge in [-0.2, -0.15) is 0 Å². The number of benzene rings is 2. The minimum atomic E-state index is 0.851. The van der Waals surface area contributed by atoms with E-state index in [1.165, 1.54) is 75.9 Å². The molecule has 0 saturated carbocycles. The third-order valence-electron chi connectivity index (χ3n) is 7.03. The lowest BCUT2D eigenvalue weighted by molar-refractivity contribution is 0.667. The van der Waals surface area contributed by atoms with Crippen LogP contribution in [0.15, 0.2) is 85.1 Å². The minimum absolute atomic E-state index is 0.851. The van der Waals surface area contributed by atoms with Crippen LogP contribution in [-0.2, 0) is 6.42 Å². The summed E-state index contributed by atoms with van der Waals surface area (Å²) in [4.78, 5) is 2.46. The second-order valence-electron chi connectivity index (χ2n) is 9.49. The van der Waals surface area contributed by atoms with Gasteiger partial charge in [0.25, 0.3) is 0 Å². The molecule has 2 aromatic carbocycles. The van der Waals surface area contributed by atoms with Crippen LogP contribution in [0.4, 0.5) is 5.69 Å². The van der Waals surface area contributed by atoms with Crippen LogP contribution in [0, 0.1) is 13.8 Å². The summed E-state index contributed by atoms with van der Waals surface area (Å²) in [5.41, 5.74) is 12.9. The first-order chi connectivity index (χ1) is 16.0. The van der Waals surface area contributed by atoms with Gasteiger partial charge >= 0.3 is 0 Å². The lowest BCUT2D eigenvalue weighted by Gasteiger charge is -2.34. The molecule has 0 fully saturated rings. The molecule has 4 rings (SSSR count). The van der Waals surface area contributed by atoms with Crippen LogP contribution in [-0.4, -0.2) is 6.54 Å². The van der Waals surface area contributed by atoms with E-state index in [2.05, 4.69) is 99.7 Å². The van der Waals surface area contributed by atoms with E-state index >= 15 is 0 Å². The molecule has 0 aliphatic carbocycles. The molecule has 0 amide bonds. The number of aryl methyl sites for hydroxylation is 1. The van der Waals surface area contributed by atoms with Crippen LogP contribution in [0.2, 0.25) is 0 Å². The van der Waals surface area contributed by atoms with E-state index in [4.69, 9.17) is 0 Å². The van der Waals surface area contributed by atoms with E-state index in [0.717, 1.165) is 25.0 Å². The fraction of sp³-hybridized carbons (Fsp3) is 0.312. The highest BCUT2D eigenvalue weighted by Crippen LogP contribution is 2.43. The molecule has 1 nitrogen and oxygen atoms in total. The summed E-state index contributed by atoms with van der Waals surface area (Å²) in [6.07, 6.45) is 16.2. The van der Waals surface area contributed by atoms with Gasteiger partial charge in [-0.25, -0.2) is 0 Å². The van der Waals surface area contributed by atoms with E-state index in [-0.39, 0.29) is 0 Å². The van der Waals surface area contributed by atoms with Crippen molar-refractivity contribution >= 4 is 16.8 Å². The van der Waals surface area contributed by atoms with Gasteiger partial charge in [0.2, 0.25) is 0 Å². The Bertz CT molecular complexity index is 1140. The molecule has 2 heterocycles. The summed E-state index contributed by atoms with van der Waals surface area (Å²) in [5, 5.41) is 0. The van der Waals surface area contributed by atoms with Crippen molar-refractivity contribution < 1.29 is 0 Å². The smallest absolute Gasteiger partial charge is 0.0527 e. The number of allylic oxidation sites excluding steroid dienone is 6. The van der Waals surface area contributed by atoms with E-state index in [9.17, 15) is 0 Å². The van der Waals surface area contributed by atoms with Crippen LogP contribution < -0.4 is 4.90 Å². The molecule has 0 atom stereocenters. The molecular weight excluding hydrogens is 398 g/mol. The lowest BCUT2D eigenvalue weighted by Crippen LogP contribution is -2.25. The number of hydrogen-bond donors (Lipinski definition) is 0. The number of anilines is 1. The van der Waals surface area contributed by atoms with Crippen molar-refractivity contribution in [2.45, 2.75) is 59.3 Å². The second-order valence-corrected chi connectivity index (χ2v) is 9.49. The molecule has 0 saturated heterocycles. The fourth-order valence-electron chi connectivity index (χ4n) is 5.00. The summed E-state index contributed by atoms with van der Waals surface area (Å²) in [6.45, 7) is 16.6. The van der Waals surface area contributed by atoms with Gasteiger partial charge in [-0.3, -0.25) is 0 Å². The molecule has 0 unspecified atom stereocenters. The molecule has 33 heavy (non-hydrogen) atoms. The van der Waals surface area contributed by atoms with Crippen molar-refractivity contribution in [3.8, 4) is 0 Å². The van der Waals surface area contributed by atoms with E-state index in [1.54, 1.807) is 0 Å². The van der Waals surface area contributed by atoms with Crippen LogP contribution in [0.3, 0.4) is 0 Å². The standard InChI is InChI=1S/C32H37N/c1-6-7-8-10-16-29-22-33-18-13-17-28(27-14-11-9-12-15-27)19-23(2)20-30-25(4)24(3)21-31(26(29)5)32(30)33/h9,11-15,17,19,21-22H,2,5-8,10,16,18,20H2,1,3-4H3/b17-13-,28-19+. The monoisotopic (exact) mass is 435 g/mol. The van der Waals surface area contributed by atoms with Crippen LogP contribution in [0.1, 0.15) is 66.8 Å². The van der Waals surface area contributed by atoms with Gasteiger partial charge in [0.1, 0.15) is 0 Å². The quantitative estimate of drug-likeness (QED) is 0.410. The predicted molar refractivity (Wildman–Crippen MR) is 146 cm³/mol. The van der Waals surface area contributed by atoms with Crippen molar-refractivity contribution in [2.75, 3.05) is 11.4 Å². The average Bonchev–Trinajstić information content (AvgIpc) is 2.81. The highest BCUT2D eigenvalue weighted by atomic mass is 15.1. The van der Waals surface area contributed by atoms with Gasteiger partial charge in [0, 0.05) is 18.3 Å². The molecule has 0 aromatic heterocycles. The molecule has 0 bridgehead atoms.